The molecule has 5 nitrogen and oxygen atoms in total. The molecule has 1 aromatic heterocycles. The van der Waals surface area contributed by atoms with E-state index in [9.17, 15) is 4.79 Å². The molecular weight excluding hydrogens is 336 g/mol. The van der Waals surface area contributed by atoms with Crippen LogP contribution in [0.5, 0.6) is 0 Å². The van der Waals surface area contributed by atoms with Gasteiger partial charge in [-0.15, -0.1) is 0 Å². The van der Waals surface area contributed by atoms with Gasteiger partial charge in [0, 0.05) is 49.4 Å². The minimum atomic E-state index is -0.322. The summed E-state index contributed by atoms with van der Waals surface area (Å²) in [6.07, 6.45) is 6.95. The van der Waals surface area contributed by atoms with Crippen LogP contribution in [0.3, 0.4) is 0 Å². The van der Waals surface area contributed by atoms with Crippen LogP contribution in [0.15, 0.2) is 35.5 Å². The van der Waals surface area contributed by atoms with E-state index in [4.69, 9.17) is 5.73 Å². The molecule has 4 rings (SSSR count). The van der Waals surface area contributed by atoms with E-state index < -0.39 is 0 Å². The van der Waals surface area contributed by atoms with Crippen molar-refractivity contribution >= 4 is 23.0 Å². The lowest BCUT2D eigenvalue weighted by Crippen LogP contribution is -2.50. The highest BCUT2D eigenvalue weighted by Crippen LogP contribution is 2.37. The molecule has 1 aliphatic heterocycles. The lowest BCUT2D eigenvalue weighted by molar-refractivity contribution is -0.135. The van der Waals surface area contributed by atoms with Crippen LogP contribution in [0.4, 0.5) is 0 Å². The minimum absolute atomic E-state index is 0.131. The summed E-state index contributed by atoms with van der Waals surface area (Å²) in [6, 6.07) is 8.08. The third kappa shape index (κ3) is 3.61. The van der Waals surface area contributed by atoms with Gasteiger partial charge < -0.3 is 10.6 Å². The SMILES string of the molecule is C/N=C\c1ccc([C@H]2C[C@@H](C)CN(C(=O)[C@@H](N)C3CC3)C2)c2cccnc12. The number of nitrogens with zero attached hydrogens (tertiary/aromatic N) is 3. The van der Waals surface area contributed by atoms with E-state index in [1.807, 2.05) is 23.4 Å². The molecule has 5 heteroatoms. The number of nitrogens with two attached hydrogens (primary N) is 1. The van der Waals surface area contributed by atoms with Crippen molar-refractivity contribution in [3.05, 3.63) is 41.6 Å². The molecule has 1 saturated carbocycles. The fraction of sp³-hybridized carbons (Fsp3) is 0.500. The Bertz CT molecular complexity index is 874. The lowest BCUT2D eigenvalue weighted by atomic mass is 9.83. The maximum Gasteiger partial charge on any atom is 0.239 e. The Morgan fingerprint density at radius 1 is 1.33 bits per heavy atom. The molecule has 0 spiro atoms. The number of benzene rings is 1. The van der Waals surface area contributed by atoms with Crippen LogP contribution in [-0.2, 0) is 4.79 Å². The van der Waals surface area contributed by atoms with Gasteiger partial charge in [0.15, 0.2) is 0 Å². The smallest absolute Gasteiger partial charge is 0.239 e. The van der Waals surface area contributed by atoms with Gasteiger partial charge in [0.1, 0.15) is 0 Å². The molecule has 1 aliphatic carbocycles. The van der Waals surface area contributed by atoms with Crippen molar-refractivity contribution in [3.63, 3.8) is 0 Å². The molecule has 2 heterocycles. The second-order valence-electron chi connectivity index (χ2n) is 8.18. The Kier molecular flexibility index (Phi) is 4.96. The minimum Gasteiger partial charge on any atom is -0.340 e. The molecule has 2 aliphatic rings. The van der Waals surface area contributed by atoms with Crippen LogP contribution in [0.25, 0.3) is 10.9 Å². The quantitative estimate of drug-likeness (QED) is 0.848. The van der Waals surface area contributed by atoms with Gasteiger partial charge in [-0.3, -0.25) is 14.8 Å². The maximum atomic E-state index is 12.9. The zero-order valence-electron chi connectivity index (χ0n) is 16.1. The summed E-state index contributed by atoms with van der Waals surface area (Å²) < 4.78 is 0. The van der Waals surface area contributed by atoms with Gasteiger partial charge in [-0.2, -0.15) is 0 Å². The Morgan fingerprint density at radius 2 is 2.15 bits per heavy atom. The Morgan fingerprint density at radius 3 is 2.89 bits per heavy atom. The molecule has 0 bridgehead atoms. The maximum absolute atomic E-state index is 12.9. The number of likely N-dealkylation sites (tertiary alicyclic amines) is 1. The molecule has 1 aromatic carbocycles. The predicted octanol–water partition coefficient (Wildman–Crippen LogP) is 2.97. The highest BCUT2D eigenvalue weighted by molar-refractivity contribution is 5.99. The van der Waals surface area contributed by atoms with Crippen LogP contribution in [0.1, 0.15) is 43.2 Å². The molecule has 0 radical (unpaired) electrons. The molecule has 27 heavy (non-hydrogen) atoms. The fourth-order valence-corrected chi connectivity index (χ4v) is 4.44. The molecule has 3 atom stereocenters. The summed E-state index contributed by atoms with van der Waals surface area (Å²) in [6.45, 7) is 3.79. The number of amides is 1. The second kappa shape index (κ2) is 7.39. The van der Waals surface area contributed by atoms with Crippen LogP contribution in [-0.4, -0.2) is 48.2 Å². The van der Waals surface area contributed by atoms with Crippen LogP contribution >= 0.6 is 0 Å². The highest BCUT2D eigenvalue weighted by atomic mass is 16.2. The third-order valence-corrected chi connectivity index (χ3v) is 5.93. The van der Waals surface area contributed by atoms with Gasteiger partial charge in [-0.1, -0.05) is 25.1 Å². The summed E-state index contributed by atoms with van der Waals surface area (Å²) in [5, 5.41) is 1.16. The average Bonchev–Trinajstić information content (AvgIpc) is 3.52. The third-order valence-electron chi connectivity index (χ3n) is 5.93. The summed E-state index contributed by atoms with van der Waals surface area (Å²) in [5.74, 6) is 1.29. The number of aromatic nitrogens is 1. The van der Waals surface area contributed by atoms with Crippen molar-refractivity contribution < 1.29 is 4.79 Å². The Balaban J connectivity index is 1.66. The molecule has 1 saturated heterocycles. The Labute approximate surface area is 160 Å². The number of carbonyl (C=O) groups is 1. The number of carbonyl (C=O) groups excluding carboxylic acids is 1. The Hall–Kier alpha value is -2.27. The van der Waals surface area contributed by atoms with Crippen LogP contribution in [0.2, 0.25) is 0 Å². The zero-order chi connectivity index (χ0) is 19.0. The molecule has 0 unspecified atom stereocenters. The average molecular weight is 364 g/mol. The van der Waals surface area contributed by atoms with Gasteiger partial charge in [0.2, 0.25) is 5.91 Å². The first-order valence-corrected chi connectivity index (χ1v) is 9.92. The largest absolute Gasteiger partial charge is 0.340 e. The van der Waals surface area contributed by atoms with E-state index in [0.717, 1.165) is 48.8 Å². The van der Waals surface area contributed by atoms with Crippen molar-refractivity contribution in [2.75, 3.05) is 20.1 Å². The number of pyridine rings is 1. The van der Waals surface area contributed by atoms with Gasteiger partial charge in [-0.25, -0.2) is 0 Å². The normalized spacial score (nSPS) is 24.5. The molecule has 2 aromatic rings. The van der Waals surface area contributed by atoms with E-state index in [1.165, 1.54) is 5.56 Å². The van der Waals surface area contributed by atoms with Crippen molar-refractivity contribution in [2.45, 2.75) is 38.1 Å². The van der Waals surface area contributed by atoms with Crippen molar-refractivity contribution in [3.8, 4) is 0 Å². The fourth-order valence-electron chi connectivity index (χ4n) is 4.44. The summed E-state index contributed by atoms with van der Waals surface area (Å²) in [5.41, 5.74) is 9.49. The number of hydrogen-bond acceptors (Lipinski definition) is 4. The van der Waals surface area contributed by atoms with Gasteiger partial charge in [-0.05, 0) is 42.7 Å². The van der Waals surface area contributed by atoms with Gasteiger partial charge >= 0.3 is 0 Å². The standard InChI is InChI=1S/C22H28N4O/c1-14-10-17(13-26(12-14)22(27)20(23)15-5-6-15)18-8-7-16(11-24-2)21-19(18)4-3-9-25-21/h3-4,7-9,11,14-15,17,20H,5-6,10,12-13,23H2,1-2H3/b24-11-/t14-,17+,20+/m1/s1. The summed E-state index contributed by atoms with van der Waals surface area (Å²) in [4.78, 5) is 23.6. The monoisotopic (exact) mass is 364 g/mol. The summed E-state index contributed by atoms with van der Waals surface area (Å²) >= 11 is 0. The predicted molar refractivity (Wildman–Crippen MR) is 109 cm³/mol. The van der Waals surface area contributed by atoms with Crippen molar-refractivity contribution in [1.29, 1.82) is 0 Å². The van der Waals surface area contributed by atoms with Crippen LogP contribution in [0, 0.1) is 11.8 Å². The van der Waals surface area contributed by atoms with Crippen LogP contribution < -0.4 is 5.73 Å². The molecule has 2 fully saturated rings. The van der Waals surface area contributed by atoms with Gasteiger partial charge in [0.25, 0.3) is 0 Å². The van der Waals surface area contributed by atoms with E-state index in [0.29, 0.717) is 17.8 Å². The first-order chi connectivity index (χ1) is 13.1. The zero-order valence-corrected chi connectivity index (χ0v) is 16.1. The molecule has 142 valence electrons. The topological polar surface area (TPSA) is 71.6 Å². The number of piperidine rings is 1. The first-order valence-electron chi connectivity index (χ1n) is 9.92. The second-order valence-corrected chi connectivity index (χ2v) is 8.18. The van der Waals surface area contributed by atoms with Gasteiger partial charge in [0.05, 0.1) is 11.6 Å². The number of hydrogen-bond donors (Lipinski definition) is 1. The van der Waals surface area contributed by atoms with E-state index >= 15 is 0 Å². The number of fused-ring (bicyclic) bond motifs is 1. The van der Waals surface area contributed by atoms with Crippen molar-refractivity contribution in [1.82, 2.24) is 9.88 Å². The summed E-state index contributed by atoms with van der Waals surface area (Å²) in [7, 11) is 1.78. The van der Waals surface area contributed by atoms with Crippen molar-refractivity contribution in [2.24, 2.45) is 22.6 Å². The first kappa shape index (κ1) is 18.1. The lowest BCUT2D eigenvalue weighted by Gasteiger charge is -2.38. The molecule has 2 N–H and O–H groups in total. The van der Waals surface area contributed by atoms with E-state index in [2.05, 4.69) is 35.1 Å². The highest BCUT2D eigenvalue weighted by Gasteiger charge is 2.38. The number of rotatable bonds is 4. The molecule has 1 amide bonds. The van der Waals surface area contributed by atoms with E-state index in [1.54, 1.807) is 7.05 Å². The molecular formula is C22H28N4O. The van der Waals surface area contributed by atoms with E-state index in [-0.39, 0.29) is 11.9 Å². The number of aliphatic imine (C=N–C) groups is 1.